The van der Waals surface area contributed by atoms with Crippen LogP contribution in [0.4, 0.5) is 0 Å². The average Bonchev–Trinajstić information content (AvgIpc) is 3.41. The fraction of sp³-hybridized carbons (Fsp3) is 0.269. The number of imidazole rings is 1. The van der Waals surface area contributed by atoms with Crippen LogP contribution in [0, 0.1) is 0 Å². The molecule has 0 saturated heterocycles. The van der Waals surface area contributed by atoms with Crippen molar-refractivity contribution >= 4 is 23.7 Å². The van der Waals surface area contributed by atoms with E-state index in [2.05, 4.69) is 25.9 Å². The number of carboxylic acid groups (broad SMARTS) is 1. The lowest BCUT2D eigenvalue weighted by Crippen LogP contribution is -2.57. The van der Waals surface area contributed by atoms with Crippen LogP contribution in [0.2, 0.25) is 0 Å². The van der Waals surface area contributed by atoms with E-state index in [1.807, 2.05) is 0 Å². The summed E-state index contributed by atoms with van der Waals surface area (Å²) >= 11 is 0. The molecule has 0 aliphatic carbocycles. The molecule has 1 aromatic heterocycles. The van der Waals surface area contributed by atoms with E-state index in [1.54, 1.807) is 24.3 Å². The number of amides is 3. The van der Waals surface area contributed by atoms with Gasteiger partial charge in [-0.2, -0.15) is 0 Å². The SMILES string of the molecule is NC(Cc1cnc[nH]1)C(=O)NC(Cc1ccc(O)cc1)C(=O)NC(Cc1ccc(O)cc1)C(=O)NCC(=O)O. The number of nitrogens with zero attached hydrogens (tertiary/aromatic N) is 1. The van der Waals surface area contributed by atoms with Crippen molar-refractivity contribution in [2.75, 3.05) is 6.54 Å². The molecule has 0 saturated carbocycles. The summed E-state index contributed by atoms with van der Waals surface area (Å²) in [7, 11) is 0. The van der Waals surface area contributed by atoms with Crippen LogP contribution in [0.5, 0.6) is 11.5 Å². The Balaban J connectivity index is 1.79. The monoisotopic (exact) mass is 538 g/mol. The Morgan fingerprint density at radius 2 is 1.31 bits per heavy atom. The molecule has 0 aliphatic heterocycles. The number of hydrogen-bond donors (Lipinski definition) is 8. The normalized spacial score (nSPS) is 13.1. The number of nitrogens with two attached hydrogens (primary N) is 1. The first-order valence-corrected chi connectivity index (χ1v) is 12.0. The molecule has 0 fully saturated rings. The Labute approximate surface area is 223 Å². The molecule has 0 spiro atoms. The second-order valence-corrected chi connectivity index (χ2v) is 8.86. The maximum absolute atomic E-state index is 13.4. The minimum Gasteiger partial charge on any atom is -0.508 e. The molecular formula is C26H30N6O7. The first-order valence-electron chi connectivity index (χ1n) is 12.0. The number of carbonyl (C=O) groups excluding carboxylic acids is 3. The van der Waals surface area contributed by atoms with Crippen molar-refractivity contribution in [3.05, 3.63) is 77.9 Å². The van der Waals surface area contributed by atoms with Crippen LogP contribution in [-0.4, -0.2) is 73.6 Å². The van der Waals surface area contributed by atoms with Gasteiger partial charge >= 0.3 is 5.97 Å². The van der Waals surface area contributed by atoms with Gasteiger partial charge in [0.1, 0.15) is 30.1 Å². The van der Waals surface area contributed by atoms with E-state index in [4.69, 9.17) is 10.8 Å². The molecule has 39 heavy (non-hydrogen) atoms. The molecule has 2 aromatic carbocycles. The summed E-state index contributed by atoms with van der Waals surface area (Å²) in [6.45, 7) is -0.656. The molecule has 0 radical (unpaired) electrons. The first-order chi connectivity index (χ1) is 18.6. The lowest BCUT2D eigenvalue weighted by Gasteiger charge is -2.24. The fourth-order valence-corrected chi connectivity index (χ4v) is 3.72. The number of aromatic amines is 1. The minimum atomic E-state index is -1.26. The smallest absolute Gasteiger partial charge is 0.322 e. The molecule has 3 rings (SSSR count). The van der Waals surface area contributed by atoms with Crippen molar-refractivity contribution in [1.29, 1.82) is 0 Å². The van der Waals surface area contributed by atoms with Gasteiger partial charge in [0.05, 0.1) is 12.4 Å². The first kappa shape index (κ1) is 28.7. The van der Waals surface area contributed by atoms with E-state index in [9.17, 15) is 29.4 Å². The Morgan fingerprint density at radius 3 is 1.79 bits per heavy atom. The zero-order valence-electron chi connectivity index (χ0n) is 20.8. The highest BCUT2D eigenvalue weighted by Crippen LogP contribution is 2.14. The largest absolute Gasteiger partial charge is 0.508 e. The number of carbonyl (C=O) groups is 4. The number of aromatic nitrogens is 2. The predicted octanol–water partition coefficient (Wildman–Crippen LogP) is -0.653. The topological polar surface area (TPSA) is 220 Å². The molecule has 0 bridgehead atoms. The van der Waals surface area contributed by atoms with E-state index < -0.39 is 48.4 Å². The zero-order valence-corrected chi connectivity index (χ0v) is 20.8. The average molecular weight is 539 g/mol. The Morgan fingerprint density at radius 1 is 0.795 bits per heavy atom. The van der Waals surface area contributed by atoms with Crippen molar-refractivity contribution in [3.8, 4) is 11.5 Å². The number of nitrogens with one attached hydrogen (secondary N) is 4. The van der Waals surface area contributed by atoms with E-state index in [0.717, 1.165) is 0 Å². The predicted molar refractivity (Wildman–Crippen MR) is 138 cm³/mol. The molecule has 3 unspecified atom stereocenters. The summed E-state index contributed by atoms with van der Waals surface area (Å²) < 4.78 is 0. The molecule has 1 heterocycles. The standard InChI is InChI=1S/C26H30N6O7/c27-20(11-17-12-28-14-30-17)24(37)31-22(10-16-3-7-19(34)8-4-16)26(39)32-21(25(38)29-13-23(35)36)9-15-1-5-18(33)6-2-15/h1-8,12,14,20-22,33-34H,9-11,13,27H2,(H,28,30)(H,29,38)(H,31,37)(H,32,39)(H,35,36). The summed E-state index contributed by atoms with van der Waals surface area (Å²) in [6, 6.07) is 8.62. The Bertz CT molecular complexity index is 1260. The second-order valence-electron chi connectivity index (χ2n) is 8.86. The Hall–Kier alpha value is -4.91. The number of carboxylic acids is 1. The molecule has 3 atom stereocenters. The number of rotatable bonds is 13. The number of H-pyrrole nitrogens is 1. The number of aliphatic carboxylic acids is 1. The van der Waals surface area contributed by atoms with Crippen molar-refractivity contribution in [2.24, 2.45) is 5.73 Å². The van der Waals surface area contributed by atoms with Crippen LogP contribution < -0.4 is 21.7 Å². The van der Waals surface area contributed by atoms with E-state index in [-0.39, 0.29) is 30.8 Å². The molecule has 3 amide bonds. The molecular weight excluding hydrogens is 508 g/mol. The number of aromatic hydroxyl groups is 2. The van der Waals surface area contributed by atoms with E-state index in [1.165, 1.54) is 36.8 Å². The summed E-state index contributed by atoms with van der Waals surface area (Å²) in [5, 5.41) is 35.6. The van der Waals surface area contributed by atoms with E-state index >= 15 is 0 Å². The number of phenolic OH excluding ortho intramolecular Hbond substituents is 2. The van der Waals surface area contributed by atoms with Gasteiger partial charge in [-0.05, 0) is 35.4 Å². The maximum Gasteiger partial charge on any atom is 0.322 e. The van der Waals surface area contributed by atoms with Gasteiger partial charge < -0.3 is 42.0 Å². The van der Waals surface area contributed by atoms with Crippen LogP contribution >= 0.6 is 0 Å². The fourth-order valence-electron chi connectivity index (χ4n) is 3.72. The van der Waals surface area contributed by atoms with Crippen LogP contribution in [0.15, 0.2) is 61.1 Å². The van der Waals surface area contributed by atoms with Crippen molar-refractivity contribution in [1.82, 2.24) is 25.9 Å². The van der Waals surface area contributed by atoms with Gasteiger partial charge in [-0.3, -0.25) is 19.2 Å². The highest BCUT2D eigenvalue weighted by molar-refractivity contribution is 5.94. The van der Waals surface area contributed by atoms with Crippen LogP contribution in [0.3, 0.4) is 0 Å². The van der Waals surface area contributed by atoms with Gasteiger partial charge in [0.15, 0.2) is 0 Å². The molecule has 0 aliphatic rings. The van der Waals surface area contributed by atoms with Gasteiger partial charge in [0.25, 0.3) is 0 Å². The maximum atomic E-state index is 13.4. The quantitative estimate of drug-likeness (QED) is 0.138. The molecule has 3 aromatic rings. The molecule has 9 N–H and O–H groups in total. The molecule has 206 valence electrons. The van der Waals surface area contributed by atoms with E-state index in [0.29, 0.717) is 16.8 Å². The summed E-state index contributed by atoms with van der Waals surface area (Å²) in [6.07, 6.45) is 3.11. The van der Waals surface area contributed by atoms with Crippen LogP contribution in [0.25, 0.3) is 0 Å². The van der Waals surface area contributed by atoms with Gasteiger partial charge in [0, 0.05) is 31.2 Å². The minimum absolute atomic E-state index is 0.0112. The van der Waals surface area contributed by atoms with Gasteiger partial charge in [-0.1, -0.05) is 24.3 Å². The summed E-state index contributed by atoms with van der Waals surface area (Å²) in [5.41, 5.74) is 7.86. The van der Waals surface area contributed by atoms with Crippen molar-refractivity contribution in [2.45, 2.75) is 37.4 Å². The number of hydrogen-bond acceptors (Lipinski definition) is 8. The summed E-state index contributed by atoms with van der Waals surface area (Å²) in [4.78, 5) is 56.8. The second kappa shape index (κ2) is 13.6. The highest BCUT2D eigenvalue weighted by atomic mass is 16.4. The third kappa shape index (κ3) is 9.16. The number of benzene rings is 2. The third-order valence-electron chi connectivity index (χ3n) is 5.76. The van der Waals surface area contributed by atoms with Gasteiger partial charge in [-0.15, -0.1) is 0 Å². The van der Waals surface area contributed by atoms with Crippen molar-refractivity contribution in [3.63, 3.8) is 0 Å². The molecule has 13 heteroatoms. The van der Waals surface area contributed by atoms with Gasteiger partial charge in [-0.25, -0.2) is 4.98 Å². The number of phenols is 2. The lowest BCUT2D eigenvalue weighted by molar-refractivity contribution is -0.138. The summed E-state index contributed by atoms with van der Waals surface area (Å²) in [5.74, 6) is -3.30. The van der Waals surface area contributed by atoms with Crippen LogP contribution in [0.1, 0.15) is 16.8 Å². The van der Waals surface area contributed by atoms with Gasteiger partial charge in [0.2, 0.25) is 17.7 Å². The lowest BCUT2D eigenvalue weighted by atomic mass is 10.0. The highest BCUT2D eigenvalue weighted by Gasteiger charge is 2.29. The third-order valence-corrected chi connectivity index (χ3v) is 5.76. The van der Waals surface area contributed by atoms with Crippen molar-refractivity contribution < 1.29 is 34.5 Å². The molecule has 13 nitrogen and oxygen atoms in total. The van der Waals surface area contributed by atoms with Crippen LogP contribution in [-0.2, 0) is 38.4 Å². The zero-order chi connectivity index (χ0) is 28.4. The Kier molecular flexibility index (Phi) is 9.98.